The molecule has 0 saturated carbocycles. The topological polar surface area (TPSA) is 24.0 Å². The van der Waals surface area contributed by atoms with Crippen molar-refractivity contribution in [1.29, 1.82) is 0 Å². The lowest BCUT2D eigenvalue weighted by Crippen LogP contribution is -2.86. The third-order valence-electron chi connectivity index (χ3n) is 27.4. The predicted octanol–water partition coefficient (Wildman–Crippen LogP) is 13.2. The van der Waals surface area contributed by atoms with E-state index in [1.54, 1.807) is 53.0 Å². The van der Waals surface area contributed by atoms with Crippen LogP contribution in [0.5, 0.6) is 11.5 Å². The van der Waals surface area contributed by atoms with Gasteiger partial charge in [-0.15, -0.1) is 0 Å². The molecule has 18 aromatic rings. The van der Waals surface area contributed by atoms with Crippen LogP contribution < -0.4 is 95.4 Å². The first-order valence-corrected chi connectivity index (χ1v) is 52.2. The van der Waals surface area contributed by atoms with Gasteiger partial charge in [-0.25, -0.2) is 0 Å². The number of aromatic nitrogens is 3. The third kappa shape index (κ3) is 9.36. The van der Waals surface area contributed by atoms with Crippen LogP contribution in [0.4, 0.5) is 0 Å². The molecule has 0 spiro atoms. The molecule has 6 aliphatic rings. The van der Waals surface area contributed by atoms with Gasteiger partial charge in [-0.05, 0) is 94.8 Å². The Morgan fingerprint density at radius 2 is 0.500 bits per heavy atom. The molecule has 6 aliphatic heterocycles. The minimum Gasteiger partial charge on any atom is -0.458 e. The van der Waals surface area contributed by atoms with Gasteiger partial charge in [0.1, 0.15) is 43.8 Å². The molecule has 0 N–H and O–H groups in total. The van der Waals surface area contributed by atoms with Crippen LogP contribution in [0.2, 0.25) is 52.4 Å². The van der Waals surface area contributed by atoms with Gasteiger partial charge in [0.25, 0.3) is 6.71 Å². The van der Waals surface area contributed by atoms with Crippen molar-refractivity contribution < 1.29 is 4.74 Å². The lowest BCUT2D eigenvalue weighted by Gasteiger charge is -2.46. The zero-order chi connectivity index (χ0) is 75.6. The highest BCUT2D eigenvalue weighted by atomic mass is 28.3. The Bertz CT molecular complexity index is 6490. The molecule has 0 radical (unpaired) electrons. The molecule has 24 rings (SSSR count). The summed E-state index contributed by atoms with van der Waals surface area (Å²) < 4.78 is 14.2. The van der Waals surface area contributed by atoms with E-state index in [9.17, 15) is 0 Å². The summed E-state index contributed by atoms with van der Waals surface area (Å²) in [4.78, 5) is 0. The van der Waals surface area contributed by atoms with E-state index in [1.165, 1.54) is 131 Å². The summed E-state index contributed by atoms with van der Waals surface area (Å²) in [6.07, 6.45) is 0. The fraction of sp³-hybridized carbons (Fsp3) is 0.109. The van der Waals surface area contributed by atoms with Crippen molar-refractivity contribution in [2.24, 2.45) is 0 Å². The molecule has 0 fully saturated rings. The van der Waals surface area contributed by atoms with E-state index >= 15 is 0 Å². The van der Waals surface area contributed by atoms with Crippen LogP contribution in [0.25, 0.3) is 82.5 Å². The molecule has 3 aromatic heterocycles. The van der Waals surface area contributed by atoms with Crippen molar-refractivity contribution in [2.75, 3.05) is 0 Å². The zero-order valence-electron chi connectivity index (χ0n) is 65.2. The second-order valence-corrected chi connectivity index (χ2v) is 52.2. The van der Waals surface area contributed by atoms with Crippen LogP contribution in [-0.4, -0.2) is 66.1 Å². The maximum Gasteiger partial charge on any atom is 0.250 e. The molecular formula is C101H84B3N3OSi4. The monoisotopic (exact) mass is 1500 g/mol. The van der Waals surface area contributed by atoms with Crippen molar-refractivity contribution in [3.05, 3.63) is 339 Å². The lowest BCUT2D eigenvalue weighted by molar-refractivity contribution is 0.487. The Morgan fingerprint density at radius 1 is 0.232 bits per heavy atom. The van der Waals surface area contributed by atoms with Crippen molar-refractivity contribution in [3.63, 3.8) is 0 Å². The van der Waals surface area contributed by atoms with Gasteiger partial charge in [0.05, 0.1) is 33.1 Å². The number of para-hydroxylation sites is 7. The van der Waals surface area contributed by atoms with Crippen molar-refractivity contribution in [1.82, 2.24) is 13.7 Å². The molecule has 4 nitrogen and oxygen atoms in total. The summed E-state index contributed by atoms with van der Waals surface area (Å²) in [7, 11) is -7.83. The summed E-state index contributed by atoms with van der Waals surface area (Å²) in [5.41, 5.74) is 27.7. The van der Waals surface area contributed by atoms with Gasteiger partial charge in [0, 0.05) is 60.9 Å². The van der Waals surface area contributed by atoms with E-state index in [-0.39, 0.29) is 12.1 Å². The molecule has 11 heteroatoms. The van der Waals surface area contributed by atoms with Crippen LogP contribution in [0.15, 0.2) is 328 Å². The van der Waals surface area contributed by atoms with E-state index < -0.39 is 32.3 Å². The predicted molar refractivity (Wildman–Crippen MR) is 494 cm³/mol. The first kappa shape index (κ1) is 67.5. The van der Waals surface area contributed by atoms with Crippen molar-refractivity contribution in [2.45, 2.75) is 71.6 Å². The Balaban J connectivity index is 0.000000103. The van der Waals surface area contributed by atoms with Gasteiger partial charge in [-0.3, -0.25) is 0 Å². The highest BCUT2D eigenvalue weighted by Gasteiger charge is 2.52. The second-order valence-electron chi connectivity index (χ2n) is 34.9. The number of fused-ring (bicyclic) bond motifs is 21. The Hall–Kier alpha value is -11.4. The molecule has 0 amide bonds. The van der Waals surface area contributed by atoms with E-state index in [0.29, 0.717) is 13.4 Å². The second kappa shape index (κ2) is 24.3. The van der Waals surface area contributed by atoms with Gasteiger partial charge in [-0.2, -0.15) is 0 Å². The maximum absolute atomic E-state index is 6.70. The maximum atomic E-state index is 6.70. The minimum atomic E-state index is -1.98. The first-order valence-electron chi connectivity index (χ1n) is 40.2. The fourth-order valence-corrected chi connectivity index (χ4v) is 35.1. The van der Waals surface area contributed by atoms with Crippen molar-refractivity contribution in [3.8, 4) is 28.6 Å². The fourth-order valence-electron chi connectivity index (χ4n) is 22.1. The first-order chi connectivity index (χ1) is 54.4. The van der Waals surface area contributed by atoms with Crippen LogP contribution in [0, 0.1) is 0 Å². The normalized spacial score (nSPS) is 15.8. The summed E-state index contributed by atoms with van der Waals surface area (Å²) in [6, 6.07) is 123. The van der Waals surface area contributed by atoms with E-state index in [2.05, 4.69) is 408 Å². The Labute approximate surface area is 661 Å². The van der Waals surface area contributed by atoms with E-state index in [1.807, 2.05) is 0 Å². The van der Waals surface area contributed by atoms with Crippen LogP contribution in [0.3, 0.4) is 0 Å². The van der Waals surface area contributed by atoms with Crippen LogP contribution in [0.1, 0.15) is 25.0 Å². The molecule has 0 unspecified atom stereocenters. The van der Waals surface area contributed by atoms with Crippen LogP contribution >= 0.6 is 0 Å². The standard InChI is InChI=1S/C35H30BNSi.C34H30BNSi2.C32H24BNOSi/c1-35(2)26-15-7-8-16-28(26)36-29-17-9-12-20-32(29)38(3,4)33-22-23(21-27(35)34(33)36)37-30-18-10-5-13-24(30)25-14-6-11-19-31(25)37;1-37(2)30-19-11-7-15-26(30)35-27-16-8-12-20-31(27)38(3,4)33-22-23(21-32(37)34(33)35)36-28-17-9-5-13-24(28)25-14-6-10-18-29(25)36;1-36(2)30-18-10-6-14-25(30)33-24-13-5-9-17-28(24)35-29-19-21(20-31(36)32(29)33)34-26-15-7-3-11-22(26)23-12-4-8-16-27(23)34/h2*5-22H,1-4H3;3-20H,1-2H3. The number of nitrogens with zero attached hydrogens (tertiary/aromatic N) is 3. The molecule has 15 aromatic carbocycles. The average Bonchev–Trinajstić information content (AvgIpc) is 0.852. The van der Waals surface area contributed by atoms with Crippen LogP contribution in [-0.2, 0) is 5.41 Å². The summed E-state index contributed by atoms with van der Waals surface area (Å²) in [6.45, 7) is 26.1. The van der Waals surface area contributed by atoms with E-state index in [0.717, 1.165) is 11.5 Å². The van der Waals surface area contributed by atoms with Gasteiger partial charge in [-0.1, -0.05) is 395 Å². The summed E-state index contributed by atoms with van der Waals surface area (Å²) in [5, 5.41) is 20.5. The number of hydrogen-bond acceptors (Lipinski definition) is 1. The SMILES string of the molecule is CC1(C)c2ccccc2B2c3ccccc3[Si](C)(C)c3cc(-n4c5ccccc5c5ccccc54)cc1c32.C[Si]1(C)c2ccccc2B2c3ccccc3Oc3cc(-n4c5ccccc5c5ccccc54)cc1c32.C[Si]1(C)c2ccccc2B2c3ccccc3[Si](C)(C)c3cc(-n4c5ccccc5c5ccccc54)cc1c32. The zero-order valence-corrected chi connectivity index (χ0v) is 69.2. The Morgan fingerprint density at radius 3 is 0.884 bits per heavy atom. The number of rotatable bonds is 3. The summed E-state index contributed by atoms with van der Waals surface area (Å²) >= 11 is 0. The quantitative estimate of drug-likeness (QED) is 0.162. The largest absolute Gasteiger partial charge is 0.458 e. The van der Waals surface area contributed by atoms with Gasteiger partial charge < -0.3 is 18.4 Å². The summed E-state index contributed by atoms with van der Waals surface area (Å²) in [5.74, 6) is 1.97. The number of ether oxygens (including phenoxy) is 1. The number of benzene rings is 15. The van der Waals surface area contributed by atoms with E-state index in [4.69, 9.17) is 4.74 Å². The highest BCUT2D eigenvalue weighted by Crippen LogP contribution is 2.40. The van der Waals surface area contributed by atoms with Crippen molar-refractivity contribution >= 4 is 209 Å². The number of hydrogen-bond donors (Lipinski definition) is 0. The van der Waals surface area contributed by atoms with Gasteiger partial charge >= 0.3 is 0 Å². The minimum absolute atomic E-state index is 0.0806. The molecular weight excluding hydrogens is 1420 g/mol. The lowest BCUT2D eigenvalue weighted by atomic mass is 9.31. The molecule has 0 bridgehead atoms. The molecule has 112 heavy (non-hydrogen) atoms. The highest BCUT2D eigenvalue weighted by molar-refractivity contribution is 7.21. The third-order valence-corrected chi connectivity index (χ3v) is 41.6. The molecule has 0 atom stereocenters. The molecule has 0 saturated heterocycles. The molecule has 534 valence electrons. The van der Waals surface area contributed by atoms with Gasteiger partial charge in [0.15, 0.2) is 0 Å². The molecule has 9 heterocycles. The average molecular weight is 1500 g/mol. The van der Waals surface area contributed by atoms with Gasteiger partial charge in [0.2, 0.25) is 13.4 Å². The Kier molecular flexibility index (Phi) is 14.6. The smallest absolute Gasteiger partial charge is 0.250 e. The molecule has 0 aliphatic carbocycles.